The van der Waals surface area contributed by atoms with Gasteiger partial charge in [-0.2, -0.15) is 0 Å². The van der Waals surface area contributed by atoms with Gasteiger partial charge in [0.15, 0.2) is 0 Å². The van der Waals surface area contributed by atoms with Crippen molar-refractivity contribution in [3.8, 4) is 0 Å². The fraction of sp³-hybridized carbons (Fsp3) is 0.750. The van der Waals surface area contributed by atoms with Crippen molar-refractivity contribution >= 4 is 6.21 Å². The number of hydrogen-bond acceptors (Lipinski definition) is 3. The first kappa shape index (κ1) is 6.43. The maximum Gasteiger partial charge on any atom is 0.122 e. The first-order chi connectivity index (χ1) is 3.50. The summed E-state index contributed by atoms with van der Waals surface area (Å²) in [6.07, 6.45) is 2.75. The van der Waals surface area contributed by atoms with Crippen LogP contribution in [0.5, 0.6) is 0 Å². The van der Waals surface area contributed by atoms with Crippen LogP contribution in [-0.4, -0.2) is 25.0 Å². The molecule has 0 radical (unpaired) electrons. The van der Waals surface area contributed by atoms with Gasteiger partial charge in [-0.15, -0.1) is 0 Å². The van der Waals surface area contributed by atoms with Crippen LogP contribution in [0, 0.1) is 0 Å². The van der Waals surface area contributed by atoms with E-state index in [1.165, 1.54) is 0 Å². The smallest absolute Gasteiger partial charge is 0.122 e. The molecule has 0 atom stereocenters. The summed E-state index contributed by atoms with van der Waals surface area (Å²) in [5, 5.41) is 10.5. The van der Waals surface area contributed by atoms with E-state index in [2.05, 4.69) is 9.99 Å². The lowest BCUT2D eigenvalue weighted by Gasteiger charge is -1.76. The highest BCUT2D eigenvalue weighted by Crippen LogP contribution is 1.86. The van der Waals surface area contributed by atoms with Crippen LogP contribution in [0.1, 0.15) is 6.42 Å². The van der Waals surface area contributed by atoms with Gasteiger partial charge in [-0.25, -0.2) is 0 Å². The molecule has 0 saturated heterocycles. The number of aliphatic hydroxyl groups excluding tert-OH is 1. The average Bonchev–Trinajstić information content (AvgIpc) is 2.23. The standard InChI is InChI=1S/C3H5NO.CH4O/c1-2-4-5-3-1;1-2/h2H,1,3H2;2H,1H3. The van der Waals surface area contributed by atoms with Gasteiger partial charge >= 0.3 is 0 Å². The first-order valence-corrected chi connectivity index (χ1v) is 2.08. The third-order valence-corrected chi connectivity index (χ3v) is 0.487. The van der Waals surface area contributed by atoms with Crippen LogP contribution in [0.25, 0.3) is 0 Å². The molecular formula is C4H9NO2. The van der Waals surface area contributed by atoms with Gasteiger partial charge in [-0.1, -0.05) is 5.16 Å². The minimum atomic E-state index is 0.778. The highest BCUT2D eigenvalue weighted by atomic mass is 16.6. The Hall–Kier alpha value is -0.570. The molecular weight excluding hydrogens is 94.0 g/mol. The third-order valence-electron chi connectivity index (χ3n) is 0.487. The lowest BCUT2D eigenvalue weighted by atomic mass is 10.5. The summed E-state index contributed by atoms with van der Waals surface area (Å²) in [5.41, 5.74) is 0. The Labute approximate surface area is 42.6 Å². The lowest BCUT2D eigenvalue weighted by molar-refractivity contribution is 0.174. The molecule has 1 N–H and O–H groups in total. The Morgan fingerprint density at radius 1 is 1.71 bits per heavy atom. The largest absolute Gasteiger partial charge is 0.400 e. The molecule has 7 heavy (non-hydrogen) atoms. The van der Waals surface area contributed by atoms with Crippen molar-refractivity contribution in [2.45, 2.75) is 6.42 Å². The van der Waals surface area contributed by atoms with Gasteiger partial charge in [-0.05, 0) is 0 Å². The van der Waals surface area contributed by atoms with Crippen LogP contribution in [0.15, 0.2) is 5.16 Å². The minimum Gasteiger partial charge on any atom is -0.400 e. The average molecular weight is 103 g/mol. The first-order valence-electron chi connectivity index (χ1n) is 2.08. The van der Waals surface area contributed by atoms with E-state index in [9.17, 15) is 0 Å². The Morgan fingerprint density at radius 3 is 2.57 bits per heavy atom. The van der Waals surface area contributed by atoms with E-state index in [1.54, 1.807) is 6.21 Å². The summed E-state index contributed by atoms with van der Waals surface area (Å²) >= 11 is 0. The molecule has 0 amide bonds. The maximum atomic E-state index is 7.00. The molecule has 0 unspecified atom stereocenters. The fourth-order valence-corrected chi connectivity index (χ4v) is 0.264. The van der Waals surface area contributed by atoms with E-state index < -0.39 is 0 Å². The van der Waals surface area contributed by atoms with Crippen LogP contribution in [0.2, 0.25) is 0 Å². The molecule has 0 spiro atoms. The number of nitrogens with zero attached hydrogens (tertiary/aromatic N) is 1. The van der Waals surface area contributed by atoms with Gasteiger partial charge in [-0.3, -0.25) is 0 Å². The topological polar surface area (TPSA) is 41.8 Å². The molecule has 0 fully saturated rings. The molecule has 3 heteroatoms. The van der Waals surface area contributed by atoms with E-state index >= 15 is 0 Å². The molecule has 42 valence electrons. The van der Waals surface area contributed by atoms with Gasteiger partial charge in [0.2, 0.25) is 0 Å². The normalized spacial score (nSPS) is 14.6. The molecule has 0 aliphatic carbocycles. The van der Waals surface area contributed by atoms with Crippen LogP contribution in [0.3, 0.4) is 0 Å². The van der Waals surface area contributed by atoms with Crippen molar-refractivity contribution in [2.75, 3.05) is 13.7 Å². The highest BCUT2D eigenvalue weighted by molar-refractivity contribution is 5.57. The Kier molecular flexibility index (Phi) is 4.99. The Bertz CT molecular complexity index is 47.7. The summed E-state index contributed by atoms with van der Waals surface area (Å²) < 4.78 is 0. The molecule has 1 rings (SSSR count). The summed E-state index contributed by atoms with van der Waals surface area (Å²) in [7, 11) is 1.00. The molecule has 0 aromatic heterocycles. The van der Waals surface area contributed by atoms with Crippen LogP contribution in [-0.2, 0) is 4.84 Å². The van der Waals surface area contributed by atoms with Gasteiger partial charge < -0.3 is 9.94 Å². The van der Waals surface area contributed by atoms with E-state index in [0.717, 1.165) is 20.1 Å². The van der Waals surface area contributed by atoms with Crippen molar-refractivity contribution in [1.29, 1.82) is 0 Å². The molecule has 0 bridgehead atoms. The third kappa shape index (κ3) is 3.26. The van der Waals surface area contributed by atoms with E-state index in [1.807, 2.05) is 0 Å². The second-order valence-corrected chi connectivity index (χ2v) is 0.910. The number of aliphatic hydroxyl groups is 1. The number of oxime groups is 1. The number of rotatable bonds is 0. The zero-order chi connectivity index (χ0) is 5.54. The van der Waals surface area contributed by atoms with E-state index in [4.69, 9.17) is 5.11 Å². The Morgan fingerprint density at radius 2 is 2.43 bits per heavy atom. The lowest BCUT2D eigenvalue weighted by Crippen LogP contribution is -1.72. The van der Waals surface area contributed by atoms with Gasteiger partial charge in [0, 0.05) is 19.7 Å². The van der Waals surface area contributed by atoms with Crippen molar-refractivity contribution < 1.29 is 9.94 Å². The molecule has 1 heterocycles. The second kappa shape index (κ2) is 5.43. The predicted octanol–water partition coefficient (Wildman–Crippen LogP) is 0.00100. The Balaban J connectivity index is 0.000000162. The quantitative estimate of drug-likeness (QED) is 0.469. The van der Waals surface area contributed by atoms with Crippen molar-refractivity contribution in [2.24, 2.45) is 5.16 Å². The summed E-state index contributed by atoms with van der Waals surface area (Å²) in [5.74, 6) is 0. The fourth-order valence-electron chi connectivity index (χ4n) is 0.264. The molecule has 0 aromatic carbocycles. The van der Waals surface area contributed by atoms with E-state index in [-0.39, 0.29) is 0 Å². The van der Waals surface area contributed by atoms with Gasteiger partial charge in [0.25, 0.3) is 0 Å². The van der Waals surface area contributed by atoms with Crippen molar-refractivity contribution in [1.82, 2.24) is 0 Å². The zero-order valence-corrected chi connectivity index (χ0v) is 4.29. The second-order valence-electron chi connectivity index (χ2n) is 0.910. The molecule has 1 aliphatic heterocycles. The highest BCUT2D eigenvalue weighted by Gasteiger charge is 1.86. The predicted molar refractivity (Wildman–Crippen MR) is 27.2 cm³/mol. The van der Waals surface area contributed by atoms with Crippen LogP contribution in [0.4, 0.5) is 0 Å². The van der Waals surface area contributed by atoms with Gasteiger partial charge in [0.05, 0.1) is 0 Å². The van der Waals surface area contributed by atoms with Crippen molar-refractivity contribution in [3.05, 3.63) is 0 Å². The van der Waals surface area contributed by atoms with Gasteiger partial charge in [0.1, 0.15) is 6.61 Å². The number of hydrogen-bond donors (Lipinski definition) is 1. The van der Waals surface area contributed by atoms with Crippen LogP contribution >= 0.6 is 0 Å². The maximum absolute atomic E-state index is 7.00. The summed E-state index contributed by atoms with van der Waals surface area (Å²) in [6, 6.07) is 0. The summed E-state index contributed by atoms with van der Waals surface area (Å²) in [6.45, 7) is 0.778. The van der Waals surface area contributed by atoms with Crippen LogP contribution < -0.4 is 0 Å². The van der Waals surface area contributed by atoms with Crippen molar-refractivity contribution in [3.63, 3.8) is 0 Å². The molecule has 0 aromatic rings. The minimum absolute atomic E-state index is 0.778. The SMILES string of the molecule is C1=NOCC1.CO. The molecule has 3 nitrogen and oxygen atoms in total. The van der Waals surface area contributed by atoms with E-state index in [0.29, 0.717) is 0 Å². The molecule has 0 saturated carbocycles. The monoisotopic (exact) mass is 103 g/mol. The zero-order valence-electron chi connectivity index (χ0n) is 4.29. The molecule has 1 aliphatic rings. The summed E-state index contributed by atoms with van der Waals surface area (Å²) in [4.78, 5) is 4.51.